The van der Waals surface area contributed by atoms with Gasteiger partial charge in [-0.3, -0.25) is 9.69 Å². The molecule has 0 unspecified atom stereocenters. The van der Waals surface area contributed by atoms with E-state index in [1.54, 1.807) is 0 Å². The molecule has 1 amide bonds. The van der Waals surface area contributed by atoms with Gasteiger partial charge in [0.05, 0.1) is 25.4 Å². The van der Waals surface area contributed by atoms with E-state index in [4.69, 9.17) is 4.74 Å². The third-order valence-electron chi connectivity index (χ3n) is 6.06. The molecule has 2 aliphatic rings. The lowest BCUT2D eigenvalue weighted by atomic mass is 10.1. The van der Waals surface area contributed by atoms with E-state index in [0.717, 1.165) is 49.4 Å². The molecule has 0 spiro atoms. The molecular formula is C24H31N3O3. The minimum absolute atomic E-state index is 0.0559. The number of aliphatic hydroxyl groups is 1. The first-order valence-electron chi connectivity index (χ1n) is 10.8. The van der Waals surface area contributed by atoms with Crippen LogP contribution < -0.4 is 5.32 Å². The SMILES string of the molecule is Cc1ccc(NCc2ccc(C(=O)N3CCCN([C@@H]4COC[C@H]4O)CC3)cc2)cc1. The molecule has 2 aromatic carbocycles. The molecule has 2 atom stereocenters. The Hall–Kier alpha value is -2.41. The first kappa shape index (κ1) is 20.8. The summed E-state index contributed by atoms with van der Waals surface area (Å²) in [5.74, 6) is 0.0816. The van der Waals surface area contributed by atoms with E-state index in [1.807, 2.05) is 29.2 Å². The molecule has 2 saturated heterocycles. The number of aryl methyl sites for hydroxylation is 1. The Labute approximate surface area is 178 Å². The predicted octanol–water partition coefficient (Wildman–Crippen LogP) is 2.51. The summed E-state index contributed by atoms with van der Waals surface area (Å²) in [7, 11) is 0. The highest BCUT2D eigenvalue weighted by Gasteiger charge is 2.33. The second-order valence-electron chi connectivity index (χ2n) is 8.27. The summed E-state index contributed by atoms with van der Waals surface area (Å²) in [5.41, 5.74) is 4.21. The third kappa shape index (κ3) is 5.01. The minimum atomic E-state index is -0.423. The second-order valence-corrected chi connectivity index (χ2v) is 8.27. The fourth-order valence-electron chi connectivity index (χ4n) is 4.18. The zero-order valence-corrected chi connectivity index (χ0v) is 17.6. The van der Waals surface area contributed by atoms with Crippen LogP contribution >= 0.6 is 0 Å². The maximum Gasteiger partial charge on any atom is 0.253 e. The average molecular weight is 410 g/mol. The van der Waals surface area contributed by atoms with Crippen LogP contribution in [0.5, 0.6) is 0 Å². The molecule has 2 heterocycles. The Morgan fingerprint density at radius 1 is 1.03 bits per heavy atom. The Balaban J connectivity index is 1.31. The molecule has 160 valence electrons. The van der Waals surface area contributed by atoms with Crippen molar-refractivity contribution in [3.05, 3.63) is 65.2 Å². The number of carbonyl (C=O) groups excluding carboxylic acids is 1. The van der Waals surface area contributed by atoms with Crippen LogP contribution in [0.15, 0.2) is 48.5 Å². The largest absolute Gasteiger partial charge is 0.389 e. The number of ether oxygens (including phenoxy) is 1. The van der Waals surface area contributed by atoms with Crippen LogP contribution in [0.2, 0.25) is 0 Å². The smallest absolute Gasteiger partial charge is 0.253 e. The highest BCUT2D eigenvalue weighted by Crippen LogP contribution is 2.18. The maximum absolute atomic E-state index is 13.0. The van der Waals surface area contributed by atoms with Crippen LogP contribution in [0.25, 0.3) is 0 Å². The van der Waals surface area contributed by atoms with E-state index < -0.39 is 6.10 Å². The molecule has 6 nitrogen and oxygen atoms in total. The van der Waals surface area contributed by atoms with E-state index in [0.29, 0.717) is 19.8 Å². The quantitative estimate of drug-likeness (QED) is 0.795. The lowest BCUT2D eigenvalue weighted by Gasteiger charge is -2.28. The van der Waals surface area contributed by atoms with Crippen LogP contribution in [0, 0.1) is 6.92 Å². The van der Waals surface area contributed by atoms with E-state index in [1.165, 1.54) is 5.56 Å². The summed E-state index contributed by atoms with van der Waals surface area (Å²) < 4.78 is 5.39. The normalized spacial score (nSPS) is 22.7. The summed E-state index contributed by atoms with van der Waals surface area (Å²) in [4.78, 5) is 17.2. The molecular weight excluding hydrogens is 378 g/mol. The molecule has 2 aromatic rings. The number of amides is 1. The monoisotopic (exact) mass is 409 g/mol. The van der Waals surface area contributed by atoms with Gasteiger partial charge in [-0.1, -0.05) is 29.8 Å². The number of carbonyl (C=O) groups is 1. The summed E-state index contributed by atoms with van der Waals surface area (Å²) in [5, 5.41) is 13.5. The van der Waals surface area contributed by atoms with Gasteiger partial charge in [-0.2, -0.15) is 0 Å². The van der Waals surface area contributed by atoms with Crippen molar-refractivity contribution in [1.29, 1.82) is 0 Å². The van der Waals surface area contributed by atoms with E-state index in [9.17, 15) is 9.90 Å². The molecule has 0 saturated carbocycles. The molecule has 6 heteroatoms. The van der Waals surface area contributed by atoms with Crippen molar-refractivity contribution in [2.45, 2.75) is 32.0 Å². The molecule has 0 radical (unpaired) electrons. The molecule has 0 aliphatic carbocycles. The van der Waals surface area contributed by atoms with Gasteiger partial charge in [0.25, 0.3) is 5.91 Å². The molecule has 4 rings (SSSR count). The summed E-state index contributed by atoms with van der Waals surface area (Å²) in [6.45, 7) is 6.88. The third-order valence-corrected chi connectivity index (χ3v) is 6.06. The van der Waals surface area contributed by atoms with Crippen molar-refractivity contribution in [3.8, 4) is 0 Å². The van der Waals surface area contributed by atoms with E-state index in [2.05, 4.69) is 41.4 Å². The van der Waals surface area contributed by atoms with Gasteiger partial charge in [0.15, 0.2) is 0 Å². The highest BCUT2D eigenvalue weighted by atomic mass is 16.5. The lowest BCUT2D eigenvalue weighted by Crippen LogP contribution is -2.45. The van der Waals surface area contributed by atoms with Gasteiger partial charge in [0, 0.05) is 44.0 Å². The summed E-state index contributed by atoms with van der Waals surface area (Å²) in [6, 6.07) is 16.3. The average Bonchev–Trinajstić information content (AvgIpc) is 3.05. The van der Waals surface area contributed by atoms with Gasteiger partial charge in [0.1, 0.15) is 0 Å². The first-order chi connectivity index (χ1) is 14.6. The molecule has 2 aliphatic heterocycles. The number of hydrogen-bond acceptors (Lipinski definition) is 5. The lowest BCUT2D eigenvalue weighted by molar-refractivity contribution is 0.0725. The number of nitrogens with one attached hydrogen (secondary N) is 1. The second kappa shape index (κ2) is 9.60. The molecule has 0 aromatic heterocycles. The van der Waals surface area contributed by atoms with Crippen molar-refractivity contribution in [2.24, 2.45) is 0 Å². The van der Waals surface area contributed by atoms with Crippen molar-refractivity contribution < 1.29 is 14.6 Å². The standard InChI is InChI=1S/C24H31N3O3/c1-18-3-9-21(10-4-18)25-15-19-5-7-20(8-6-19)24(29)27-12-2-11-26(13-14-27)22-16-30-17-23(22)28/h3-10,22-23,25,28H,2,11-17H2,1H3/t22-,23-/m1/s1. The Kier molecular flexibility index (Phi) is 6.67. The van der Waals surface area contributed by atoms with Crippen LogP contribution in [0.3, 0.4) is 0 Å². The Morgan fingerprint density at radius 3 is 2.50 bits per heavy atom. The Morgan fingerprint density at radius 2 is 1.80 bits per heavy atom. The molecule has 2 N–H and O–H groups in total. The fraction of sp³-hybridized carbons (Fsp3) is 0.458. The number of rotatable bonds is 5. The Bertz CT molecular complexity index is 838. The number of anilines is 1. The fourth-order valence-corrected chi connectivity index (χ4v) is 4.18. The molecule has 0 bridgehead atoms. The number of aliphatic hydroxyl groups excluding tert-OH is 1. The van der Waals surface area contributed by atoms with E-state index in [-0.39, 0.29) is 11.9 Å². The summed E-state index contributed by atoms with van der Waals surface area (Å²) >= 11 is 0. The maximum atomic E-state index is 13.0. The van der Waals surface area contributed by atoms with Crippen molar-refractivity contribution in [3.63, 3.8) is 0 Å². The van der Waals surface area contributed by atoms with Crippen LogP contribution in [-0.2, 0) is 11.3 Å². The molecule has 2 fully saturated rings. The highest BCUT2D eigenvalue weighted by molar-refractivity contribution is 5.94. The van der Waals surface area contributed by atoms with Crippen LogP contribution in [0.1, 0.15) is 27.9 Å². The molecule has 30 heavy (non-hydrogen) atoms. The minimum Gasteiger partial charge on any atom is -0.389 e. The van der Waals surface area contributed by atoms with Gasteiger partial charge < -0.3 is 20.1 Å². The topological polar surface area (TPSA) is 65.0 Å². The zero-order valence-electron chi connectivity index (χ0n) is 17.6. The van der Waals surface area contributed by atoms with Gasteiger partial charge in [0.2, 0.25) is 0 Å². The van der Waals surface area contributed by atoms with Crippen LogP contribution in [-0.4, -0.2) is 72.4 Å². The van der Waals surface area contributed by atoms with Crippen molar-refractivity contribution in [1.82, 2.24) is 9.80 Å². The van der Waals surface area contributed by atoms with Gasteiger partial charge in [-0.05, 0) is 43.2 Å². The zero-order chi connectivity index (χ0) is 20.9. The van der Waals surface area contributed by atoms with Gasteiger partial charge in [-0.15, -0.1) is 0 Å². The first-order valence-corrected chi connectivity index (χ1v) is 10.8. The summed E-state index contributed by atoms with van der Waals surface area (Å²) in [6.07, 6.45) is 0.487. The predicted molar refractivity (Wildman–Crippen MR) is 118 cm³/mol. The van der Waals surface area contributed by atoms with Crippen molar-refractivity contribution in [2.75, 3.05) is 44.7 Å². The number of nitrogens with zero attached hydrogens (tertiary/aromatic N) is 2. The van der Waals surface area contributed by atoms with E-state index >= 15 is 0 Å². The van der Waals surface area contributed by atoms with Crippen molar-refractivity contribution >= 4 is 11.6 Å². The number of hydrogen-bond donors (Lipinski definition) is 2. The van der Waals surface area contributed by atoms with Gasteiger partial charge in [-0.25, -0.2) is 0 Å². The number of benzene rings is 2. The van der Waals surface area contributed by atoms with Crippen LogP contribution in [0.4, 0.5) is 5.69 Å². The van der Waals surface area contributed by atoms with Gasteiger partial charge >= 0.3 is 0 Å².